The summed E-state index contributed by atoms with van der Waals surface area (Å²) in [6, 6.07) is 0. The van der Waals surface area contributed by atoms with Crippen LogP contribution in [0.3, 0.4) is 0 Å². The molecule has 0 amide bonds. The summed E-state index contributed by atoms with van der Waals surface area (Å²) in [6.45, 7) is 17.8. The molecule has 0 N–H and O–H groups in total. The summed E-state index contributed by atoms with van der Waals surface area (Å²) < 4.78 is 0. The summed E-state index contributed by atoms with van der Waals surface area (Å²) in [6.07, 6.45) is 4.03. The Hall–Kier alpha value is 0.250. The van der Waals surface area contributed by atoms with E-state index in [0.717, 1.165) is 17.8 Å². The van der Waals surface area contributed by atoms with Gasteiger partial charge in [-0.1, -0.05) is 41.5 Å². The van der Waals surface area contributed by atoms with E-state index >= 15 is 0 Å². The Morgan fingerprint density at radius 2 is 0.824 bits per heavy atom. The van der Waals surface area contributed by atoms with E-state index in [0.29, 0.717) is 0 Å². The van der Waals surface area contributed by atoms with Gasteiger partial charge in [-0.2, -0.15) is 0 Å². The maximum absolute atomic E-state index is 2.67. The molecule has 2 heteroatoms. The molecular formula is C15H34ClN. The molecule has 1 nitrogen and oxygen atoms in total. The Balaban J connectivity index is 0. The molecule has 0 radical (unpaired) electrons. The summed E-state index contributed by atoms with van der Waals surface area (Å²) in [5, 5.41) is 0. The number of halogens is 1. The molecule has 0 rings (SSSR count). The normalized spacial score (nSPS) is 11.6. The van der Waals surface area contributed by atoms with Gasteiger partial charge in [-0.25, -0.2) is 0 Å². The highest BCUT2D eigenvalue weighted by Gasteiger charge is 2.08. The lowest BCUT2D eigenvalue weighted by atomic mass is 10.1. The molecule has 17 heavy (non-hydrogen) atoms. The van der Waals surface area contributed by atoms with Crippen LogP contribution in [-0.2, 0) is 0 Å². The van der Waals surface area contributed by atoms with Gasteiger partial charge in [0.15, 0.2) is 0 Å². The predicted molar refractivity (Wildman–Crippen MR) is 82.1 cm³/mol. The van der Waals surface area contributed by atoms with Crippen molar-refractivity contribution < 1.29 is 0 Å². The monoisotopic (exact) mass is 263 g/mol. The van der Waals surface area contributed by atoms with Gasteiger partial charge in [-0.05, 0) is 56.7 Å². The minimum Gasteiger partial charge on any atom is -0.303 e. The zero-order chi connectivity index (χ0) is 12.6. The van der Waals surface area contributed by atoms with Crippen LogP contribution in [0.25, 0.3) is 0 Å². The maximum atomic E-state index is 2.67. The second-order valence-electron chi connectivity index (χ2n) is 6.39. The van der Waals surface area contributed by atoms with Gasteiger partial charge >= 0.3 is 0 Å². The SMILES string of the molecule is CC(C)CCN(CCC(C)C)CCC(C)C.Cl. The van der Waals surface area contributed by atoms with Crippen LogP contribution >= 0.6 is 12.4 Å². The third kappa shape index (κ3) is 14.2. The second-order valence-corrected chi connectivity index (χ2v) is 6.39. The van der Waals surface area contributed by atoms with Crippen LogP contribution in [0, 0.1) is 17.8 Å². The van der Waals surface area contributed by atoms with E-state index < -0.39 is 0 Å². The van der Waals surface area contributed by atoms with Crippen molar-refractivity contribution in [3.8, 4) is 0 Å². The topological polar surface area (TPSA) is 3.24 Å². The molecule has 0 spiro atoms. The van der Waals surface area contributed by atoms with Crippen molar-refractivity contribution in [2.45, 2.75) is 60.8 Å². The fraction of sp³-hybridized carbons (Fsp3) is 1.00. The molecule has 0 saturated heterocycles. The average molecular weight is 264 g/mol. The molecule has 0 aromatic heterocycles. The molecule has 0 aliphatic heterocycles. The molecule has 0 fully saturated rings. The van der Waals surface area contributed by atoms with E-state index in [1.54, 1.807) is 0 Å². The summed E-state index contributed by atoms with van der Waals surface area (Å²) >= 11 is 0. The highest BCUT2D eigenvalue weighted by molar-refractivity contribution is 5.85. The average Bonchev–Trinajstić information content (AvgIpc) is 2.15. The Bertz CT molecular complexity index is 126. The predicted octanol–water partition coefficient (Wildman–Crippen LogP) is 4.85. The smallest absolute Gasteiger partial charge is 0.00163 e. The van der Waals surface area contributed by atoms with Gasteiger partial charge in [0.1, 0.15) is 0 Å². The third-order valence-corrected chi connectivity index (χ3v) is 3.07. The molecule has 0 aromatic carbocycles. The lowest BCUT2D eigenvalue weighted by molar-refractivity contribution is 0.231. The fourth-order valence-corrected chi connectivity index (χ4v) is 1.66. The first-order valence-corrected chi connectivity index (χ1v) is 7.14. The summed E-state index contributed by atoms with van der Waals surface area (Å²) in [5.41, 5.74) is 0. The zero-order valence-corrected chi connectivity index (χ0v) is 13.6. The van der Waals surface area contributed by atoms with E-state index in [1.807, 2.05) is 0 Å². The van der Waals surface area contributed by atoms with Crippen LogP contribution in [0.15, 0.2) is 0 Å². The molecule has 0 aromatic rings. The van der Waals surface area contributed by atoms with E-state index in [-0.39, 0.29) is 12.4 Å². The Morgan fingerprint density at radius 1 is 0.588 bits per heavy atom. The van der Waals surface area contributed by atoms with Crippen molar-refractivity contribution in [3.63, 3.8) is 0 Å². The maximum Gasteiger partial charge on any atom is -0.00163 e. The van der Waals surface area contributed by atoms with Crippen molar-refractivity contribution in [3.05, 3.63) is 0 Å². The number of hydrogen-bond donors (Lipinski definition) is 0. The van der Waals surface area contributed by atoms with Gasteiger partial charge in [-0.15, -0.1) is 12.4 Å². The number of hydrogen-bond acceptors (Lipinski definition) is 1. The van der Waals surface area contributed by atoms with Crippen LogP contribution in [0.1, 0.15) is 60.8 Å². The van der Waals surface area contributed by atoms with Gasteiger partial charge in [0.25, 0.3) is 0 Å². The lowest BCUT2D eigenvalue weighted by Crippen LogP contribution is -2.29. The third-order valence-electron chi connectivity index (χ3n) is 3.07. The summed E-state index contributed by atoms with van der Waals surface area (Å²) in [5.74, 6) is 2.50. The lowest BCUT2D eigenvalue weighted by Gasteiger charge is -2.24. The van der Waals surface area contributed by atoms with E-state index in [4.69, 9.17) is 0 Å². The Morgan fingerprint density at radius 3 is 1.00 bits per heavy atom. The first-order valence-electron chi connectivity index (χ1n) is 7.14. The largest absolute Gasteiger partial charge is 0.303 e. The molecule has 0 unspecified atom stereocenters. The van der Waals surface area contributed by atoms with E-state index in [1.165, 1.54) is 38.9 Å². The molecule has 0 aliphatic rings. The molecule has 0 saturated carbocycles. The van der Waals surface area contributed by atoms with Gasteiger partial charge in [0.05, 0.1) is 0 Å². The standard InChI is InChI=1S/C15H33N.ClH/c1-13(2)7-10-16(11-8-14(3)4)12-9-15(5)6;/h13-15H,7-12H2,1-6H3;1H. The highest BCUT2D eigenvalue weighted by Crippen LogP contribution is 2.09. The van der Waals surface area contributed by atoms with Gasteiger partial charge in [0, 0.05) is 0 Å². The second kappa shape index (κ2) is 11.3. The van der Waals surface area contributed by atoms with Gasteiger partial charge in [-0.3, -0.25) is 0 Å². The fourth-order valence-electron chi connectivity index (χ4n) is 1.66. The molecule has 0 heterocycles. The van der Waals surface area contributed by atoms with Crippen LogP contribution in [0.4, 0.5) is 0 Å². The van der Waals surface area contributed by atoms with Crippen molar-refractivity contribution in [2.24, 2.45) is 17.8 Å². The molecule has 106 valence electrons. The first-order chi connectivity index (χ1) is 7.41. The highest BCUT2D eigenvalue weighted by atomic mass is 35.5. The quantitative estimate of drug-likeness (QED) is 0.575. The summed E-state index contributed by atoms with van der Waals surface area (Å²) in [4.78, 5) is 2.67. The number of rotatable bonds is 9. The van der Waals surface area contributed by atoms with E-state index in [2.05, 4.69) is 46.4 Å². The van der Waals surface area contributed by atoms with Crippen molar-refractivity contribution >= 4 is 12.4 Å². The number of nitrogens with zero attached hydrogens (tertiary/aromatic N) is 1. The Labute approximate surface area is 116 Å². The van der Waals surface area contributed by atoms with Gasteiger partial charge < -0.3 is 4.90 Å². The summed E-state index contributed by atoms with van der Waals surface area (Å²) in [7, 11) is 0. The van der Waals surface area contributed by atoms with Crippen molar-refractivity contribution in [1.82, 2.24) is 4.90 Å². The zero-order valence-electron chi connectivity index (χ0n) is 12.8. The van der Waals surface area contributed by atoms with Crippen LogP contribution < -0.4 is 0 Å². The Kier molecular flexibility index (Phi) is 13.1. The van der Waals surface area contributed by atoms with Gasteiger partial charge in [0.2, 0.25) is 0 Å². The molecule has 0 bridgehead atoms. The van der Waals surface area contributed by atoms with Crippen LogP contribution in [0.2, 0.25) is 0 Å². The minimum absolute atomic E-state index is 0. The van der Waals surface area contributed by atoms with E-state index in [9.17, 15) is 0 Å². The molecule has 0 aliphatic carbocycles. The molecular weight excluding hydrogens is 230 g/mol. The molecule has 0 atom stereocenters. The first kappa shape index (κ1) is 19.6. The van der Waals surface area contributed by atoms with Crippen molar-refractivity contribution in [2.75, 3.05) is 19.6 Å². The minimum atomic E-state index is 0. The van der Waals surface area contributed by atoms with Crippen LogP contribution in [-0.4, -0.2) is 24.5 Å². The van der Waals surface area contributed by atoms with Crippen LogP contribution in [0.5, 0.6) is 0 Å². The van der Waals surface area contributed by atoms with Crippen molar-refractivity contribution in [1.29, 1.82) is 0 Å².